The molecule has 20 heteroatoms. The summed E-state index contributed by atoms with van der Waals surface area (Å²) in [4.78, 5) is 30.8. The lowest BCUT2D eigenvalue weighted by Crippen LogP contribution is -2.40. The van der Waals surface area contributed by atoms with Gasteiger partial charge in [0.05, 0.1) is 42.3 Å². The predicted octanol–water partition coefficient (Wildman–Crippen LogP) is 3.93. The van der Waals surface area contributed by atoms with Crippen molar-refractivity contribution in [3.05, 3.63) is 53.0 Å². The molecule has 1 aliphatic heterocycles. The third-order valence-electron chi connectivity index (χ3n) is 8.74. The van der Waals surface area contributed by atoms with Crippen LogP contribution in [0.3, 0.4) is 0 Å². The Balaban J connectivity index is 1.32. The molecule has 0 unspecified atom stereocenters. The fourth-order valence-electron chi connectivity index (χ4n) is 6.28. The van der Waals surface area contributed by atoms with Gasteiger partial charge < -0.3 is 10.6 Å². The smallest absolute Gasteiger partial charge is 0.344 e. The number of halogens is 7. The Morgan fingerprint density at radius 1 is 1.19 bits per heavy atom. The van der Waals surface area contributed by atoms with Crippen molar-refractivity contribution in [2.45, 2.75) is 82.6 Å². The normalized spacial score (nSPS) is 22.6. The highest BCUT2D eigenvalue weighted by Gasteiger charge is 2.56. The van der Waals surface area contributed by atoms with E-state index in [0.717, 1.165) is 10.9 Å². The van der Waals surface area contributed by atoms with Crippen LogP contribution in [0.25, 0.3) is 5.65 Å². The fourth-order valence-corrected chi connectivity index (χ4v) is 6.28. The fraction of sp³-hybridized carbons (Fsp3) is 0.556. The van der Waals surface area contributed by atoms with Crippen LogP contribution in [0, 0.1) is 18.3 Å². The zero-order valence-corrected chi connectivity index (χ0v) is 24.5. The van der Waals surface area contributed by atoms with E-state index in [9.17, 15) is 40.3 Å². The van der Waals surface area contributed by atoms with Crippen LogP contribution >= 0.6 is 0 Å². The SMILES string of the molecule is Cc1nonc1C(=O)N[C@H](c1cn2ncc(C[C@@]3(Cn4nncc4C(F)F)C[C@@H](C(F)(F)F)NC3=O)cc2n1)C1CCC(F)(F)CC1. The minimum atomic E-state index is -4.80. The van der Waals surface area contributed by atoms with Crippen LogP contribution in [-0.4, -0.2) is 69.9 Å². The van der Waals surface area contributed by atoms with Crippen molar-refractivity contribution in [2.75, 3.05) is 0 Å². The highest BCUT2D eigenvalue weighted by atomic mass is 19.4. The Labute approximate surface area is 260 Å². The molecule has 6 rings (SSSR count). The van der Waals surface area contributed by atoms with Gasteiger partial charge in [0, 0.05) is 12.8 Å². The van der Waals surface area contributed by atoms with Gasteiger partial charge in [0.2, 0.25) is 11.8 Å². The van der Waals surface area contributed by atoms with Crippen molar-refractivity contribution >= 4 is 17.5 Å². The standard InChI is InChI=1S/C27H27F7N10O3/c1-13-20(41-47-40-13)23(45)39-21(15-2-4-26(30,31)5-3-15)16-11-43-19(37-16)6-14(9-36-43)7-25(8-18(27(32,33)34)38-24(25)46)12-44-17(22(28)29)10-35-42-44/h6,9-11,15,18,21-22H,2-5,7-8,12H2,1H3,(H,38,46)(H,39,45)/t18-,21-,25-/m0/s1. The number of hydrogen-bond acceptors (Lipinski definition) is 9. The molecule has 252 valence electrons. The number of alkyl halides is 7. The molecule has 2 fully saturated rings. The summed E-state index contributed by atoms with van der Waals surface area (Å²) in [5.74, 6) is -4.96. The summed E-state index contributed by atoms with van der Waals surface area (Å²) < 4.78 is 103. The van der Waals surface area contributed by atoms with Gasteiger partial charge in [-0.15, -0.1) is 5.10 Å². The summed E-state index contributed by atoms with van der Waals surface area (Å²) in [7, 11) is 0. The molecule has 1 aliphatic carbocycles. The molecule has 3 atom stereocenters. The van der Waals surface area contributed by atoms with Crippen molar-refractivity contribution in [1.82, 2.24) is 50.5 Å². The van der Waals surface area contributed by atoms with Gasteiger partial charge in [-0.25, -0.2) is 36.4 Å². The molecule has 2 amide bonds. The molecule has 0 aromatic carbocycles. The molecule has 1 saturated carbocycles. The van der Waals surface area contributed by atoms with Gasteiger partial charge in [-0.2, -0.15) is 18.3 Å². The average molecular weight is 673 g/mol. The molecular formula is C27H27F7N10O3. The summed E-state index contributed by atoms with van der Waals surface area (Å²) in [6, 6.07) is -1.63. The maximum Gasteiger partial charge on any atom is 0.408 e. The Kier molecular flexibility index (Phi) is 8.15. The molecule has 5 heterocycles. The van der Waals surface area contributed by atoms with Gasteiger partial charge >= 0.3 is 6.18 Å². The van der Waals surface area contributed by atoms with Gasteiger partial charge in [-0.1, -0.05) is 10.4 Å². The molecule has 47 heavy (non-hydrogen) atoms. The summed E-state index contributed by atoms with van der Waals surface area (Å²) in [6.45, 7) is 0.885. The number of hydrogen-bond donors (Lipinski definition) is 2. The van der Waals surface area contributed by atoms with E-state index in [-0.39, 0.29) is 47.6 Å². The Morgan fingerprint density at radius 3 is 2.57 bits per heavy atom. The van der Waals surface area contributed by atoms with Crippen molar-refractivity contribution in [3.63, 3.8) is 0 Å². The molecule has 4 aromatic rings. The minimum Gasteiger partial charge on any atom is -0.344 e. The Bertz CT molecular complexity index is 1780. The lowest BCUT2D eigenvalue weighted by Gasteiger charge is -2.33. The van der Waals surface area contributed by atoms with Crippen molar-refractivity contribution in [3.8, 4) is 0 Å². The first kappa shape index (κ1) is 32.3. The lowest BCUT2D eigenvalue weighted by atomic mass is 9.79. The lowest BCUT2D eigenvalue weighted by molar-refractivity contribution is -0.155. The number of rotatable bonds is 9. The second-order valence-electron chi connectivity index (χ2n) is 12.0. The number of nitrogens with one attached hydrogen (secondary N) is 2. The van der Waals surface area contributed by atoms with Crippen molar-refractivity contribution in [2.24, 2.45) is 11.3 Å². The summed E-state index contributed by atoms with van der Waals surface area (Å²) >= 11 is 0. The second kappa shape index (κ2) is 11.9. The first-order valence-electron chi connectivity index (χ1n) is 14.5. The van der Waals surface area contributed by atoms with Crippen LogP contribution in [0.2, 0.25) is 0 Å². The van der Waals surface area contributed by atoms with Crippen LogP contribution in [-0.2, 0) is 17.8 Å². The van der Waals surface area contributed by atoms with Gasteiger partial charge in [0.25, 0.3) is 12.3 Å². The number of carbonyl (C=O) groups is 2. The molecular weight excluding hydrogens is 645 g/mol. The number of amides is 2. The first-order chi connectivity index (χ1) is 22.1. The van der Waals surface area contributed by atoms with E-state index in [1.807, 2.05) is 5.32 Å². The average Bonchev–Trinajstić information content (AvgIpc) is 3.78. The molecule has 1 saturated heterocycles. The van der Waals surface area contributed by atoms with E-state index in [4.69, 9.17) is 0 Å². The first-order valence-corrected chi connectivity index (χ1v) is 14.5. The Morgan fingerprint density at radius 2 is 1.94 bits per heavy atom. The van der Waals surface area contributed by atoms with Gasteiger partial charge in [-0.05, 0) is 55.3 Å². The zero-order chi connectivity index (χ0) is 33.7. The van der Waals surface area contributed by atoms with Crippen LogP contribution in [0.4, 0.5) is 30.7 Å². The molecule has 2 aliphatic rings. The third kappa shape index (κ3) is 6.49. The van der Waals surface area contributed by atoms with Crippen molar-refractivity contribution in [1.29, 1.82) is 0 Å². The number of fused-ring (bicyclic) bond motifs is 1. The molecule has 0 radical (unpaired) electrons. The number of nitrogens with zero attached hydrogens (tertiary/aromatic N) is 8. The summed E-state index contributed by atoms with van der Waals surface area (Å²) in [6.07, 6.45) is -6.06. The highest BCUT2D eigenvalue weighted by Crippen LogP contribution is 2.43. The maximum absolute atomic E-state index is 14.0. The number of carbonyl (C=O) groups excluding carboxylic acids is 2. The third-order valence-corrected chi connectivity index (χ3v) is 8.74. The zero-order valence-electron chi connectivity index (χ0n) is 24.5. The van der Waals surface area contributed by atoms with Crippen LogP contribution in [0.1, 0.15) is 77.7 Å². The second-order valence-corrected chi connectivity index (χ2v) is 12.0. The summed E-state index contributed by atoms with van der Waals surface area (Å²) in [5, 5.41) is 23.2. The molecule has 4 aromatic heterocycles. The minimum absolute atomic E-state index is 0.0709. The van der Waals surface area contributed by atoms with E-state index in [1.54, 1.807) is 0 Å². The molecule has 2 N–H and O–H groups in total. The topological polar surface area (TPSA) is 158 Å². The number of aryl methyl sites for hydroxylation is 1. The van der Waals surface area contributed by atoms with E-state index >= 15 is 0 Å². The largest absolute Gasteiger partial charge is 0.408 e. The van der Waals surface area contributed by atoms with E-state index in [2.05, 4.69) is 40.7 Å². The van der Waals surface area contributed by atoms with Crippen LogP contribution in [0.5, 0.6) is 0 Å². The molecule has 0 spiro atoms. The molecule has 0 bridgehead atoms. The van der Waals surface area contributed by atoms with Crippen molar-refractivity contribution < 1.29 is 45.0 Å². The molecule has 13 nitrogen and oxygen atoms in total. The number of imidazole rings is 1. The van der Waals surface area contributed by atoms with E-state index in [1.165, 1.54) is 29.9 Å². The van der Waals surface area contributed by atoms with Crippen LogP contribution < -0.4 is 10.6 Å². The van der Waals surface area contributed by atoms with Gasteiger partial charge in [0.1, 0.15) is 17.4 Å². The van der Waals surface area contributed by atoms with E-state index in [0.29, 0.717) is 0 Å². The monoisotopic (exact) mass is 672 g/mol. The highest BCUT2D eigenvalue weighted by molar-refractivity contribution is 5.93. The van der Waals surface area contributed by atoms with Gasteiger partial charge in [0.15, 0.2) is 11.3 Å². The summed E-state index contributed by atoms with van der Waals surface area (Å²) in [5.41, 5.74) is -1.71. The Hall–Kier alpha value is -4.65. The van der Waals surface area contributed by atoms with Gasteiger partial charge in [-0.3, -0.25) is 9.59 Å². The number of aromatic nitrogens is 8. The van der Waals surface area contributed by atoms with Crippen LogP contribution in [0.15, 0.2) is 29.3 Å². The predicted molar refractivity (Wildman–Crippen MR) is 143 cm³/mol. The van der Waals surface area contributed by atoms with E-state index < -0.39 is 85.3 Å². The quantitative estimate of drug-likeness (QED) is 0.252. The maximum atomic E-state index is 14.0.